The Morgan fingerprint density at radius 2 is 2.07 bits per heavy atom. The average molecular weight is 525 g/mol. The number of nitriles is 1. The number of aryl methyl sites for hydroxylation is 1. The highest BCUT2D eigenvalue weighted by Gasteiger charge is 2.16. The Morgan fingerprint density at radius 3 is 2.69 bits per heavy atom. The van der Waals surface area contributed by atoms with Crippen molar-refractivity contribution in [2.24, 2.45) is 0 Å². The minimum atomic E-state index is -0.506. The number of halogens is 2. The minimum absolute atomic E-state index is 0.00880. The zero-order chi connectivity index (χ0) is 21.6. The van der Waals surface area contributed by atoms with Gasteiger partial charge in [-0.2, -0.15) is 5.26 Å². The van der Waals surface area contributed by atoms with Gasteiger partial charge in [0.15, 0.2) is 11.5 Å². The summed E-state index contributed by atoms with van der Waals surface area (Å²) in [6, 6.07) is 10.8. The Morgan fingerprint density at radius 1 is 1.34 bits per heavy atom. The Bertz CT molecular complexity index is 981. The maximum absolute atomic E-state index is 12.6. The van der Waals surface area contributed by atoms with Crippen LogP contribution in [0.4, 0.5) is 5.69 Å². The highest BCUT2D eigenvalue weighted by molar-refractivity contribution is 14.1. The lowest BCUT2D eigenvalue weighted by Gasteiger charge is -2.17. The fraction of sp³-hybridized carbons (Fsp3) is 0.273. The summed E-state index contributed by atoms with van der Waals surface area (Å²) in [5.74, 6) is 0.716. The maximum Gasteiger partial charge on any atom is 0.266 e. The van der Waals surface area contributed by atoms with Gasteiger partial charge in [0, 0.05) is 10.7 Å². The molecule has 1 N–H and O–H groups in total. The zero-order valence-electron chi connectivity index (χ0n) is 16.7. The van der Waals surface area contributed by atoms with Crippen LogP contribution < -0.4 is 14.8 Å². The first-order valence-corrected chi connectivity index (χ1v) is 10.5. The van der Waals surface area contributed by atoms with Crippen molar-refractivity contribution in [2.75, 3.05) is 11.9 Å². The molecule has 0 bridgehead atoms. The molecule has 29 heavy (non-hydrogen) atoms. The average Bonchev–Trinajstić information content (AvgIpc) is 2.65. The molecular formula is C22H22ClIN2O3. The van der Waals surface area contributed by atoms with Crippen LogP contribution in [0.3, 0.4) is 0 Å². The molecule has 2 aromatic carbocycles. The molecule has 2 aromatic rings. The molecule has 152 valence electrons. The Hall–Kier alpha value is -2.24. The molecule has 1 amide bonds. The number of rotatable bonds is 7. The van der Waals surface area contributed by atoms with Crippen molar-refractivity contribution in [2.45, 2.75) is 33.8 Å². The first-order valence-electron chi connectivity index (χ1n) is 9.07. The van der Waals surface area contributed by atoms with Gasteiger partial charge in [0.2, 0.25) is 0 Å². The molecule has 0 fully saturated rings. The number of nitrogens with one attached hydrogen (secondary N) is 1. The molecule has 0 heterocycles. The Kier molecular flexibility index (Phi) is 8.35. The summed E-state index contributed by atoms with van der Waals surface area (Å²) in [6.45, 7) is 8.09. The van der Waals surface area contributed by atoms with Crippen molar-refractivity contribution >= 4 is 51.9 Å². The fourth-order valence-corrected chi connectivity index (χ4v) is 3.44. The molecule has 0 aliphatic carbocycles. The number of ether oxygens (including phenoxy) is 2. The minimum Gasteiger partial charge on any atom is -0.490 e. The first-order chi connectivity index (χ1) is 13.7. The third-order valence-electron chi connectivity index (χ3n) is 3.81. The number of carbonyl (C=O) groups is 1. The van der Waals surface area contributed by atoms with Crippen LogP contribution in [0.25, 0.3) is 6.08 Å². The zero-order valence-corrected chi connectivity index (χ0v) is 19.6. The molecule has 0 saturated carbocycles. The van der Waals surface area contributed by atoms with E-state index in [1.54, 1.807) is 24.3 Å². The van der Waals surface area contributed by atoms with E-state index >= 15 is 0 Å². The number of hydrogen-bond acceptors (Lipinski definition) is 4. The van der Waals surface area contributed by atoms with Crippen LogP contribution in [0, 0.1) is 21.8 Å². The molecule has 7 heteroatoms. The highest BCUT2D eigenvalue weighted by Crippen LogP contribution is 2.35. The highest BCUT2D eigenvalue weighted by atomic mass is 127. The predicted octanol–water partition coefficient (Wildman–Crippen LogP) is 5.98. The van der Waals surface area contributed by atoms with E-state index < -0.39 is 5.91 Å². The van der Waals surface area contributed by atoms with E-state index in [0.717, 1.165) is 9.13 Å². The lowest BCUT2D eigenvalue weighted by Crippen LogP contribution is -2.14. The van der Waals surface area contributed by atoms with E-state index in [4.69, 9.17) is 21.1 Å². The quantitative estimate of drug-likeness (QED) is 0.275. The van der Waals surface area contributed by atoms with Gasteiger partial charge in [-0.25, -0.2) is 0 Å². The number of anilines is 1. The number of hydrogen-bond donors (Lipinski definition) is 1. The molecule has 0 aliphatic heterocycles. The van der Waals surface area contributed by atoms with Crippen LogP contribution in [0.5, 0.6) is 11.5 Å². The Labute approximate surface area is 189 Å². The van der Waals surface area contributed by atoms with Crippen molar-refractivity contribution in [3.8, 4) is 17.6 Å². The second-order valence-electron chi connectivity index (χ2n) is 6.51. The van der Waals surface area contributed by atoms with E-state index in [-0.39, 0.29) is 11.7 Å². The van der Waals surface area contributed by atoms with Gasteiger partial charge in [0.1, 0.15) is 11.6 Å². The summed E-state index contributed by atoms with van der Waals surface area (Å²) in [5.41, 5.74) is 2.06. The molecule has 0 radical (unpaired) electrons. The van der Waals surface area contributed by atoms with Crippen LogP contribution in [0.1, 0.15) is 31.9 Å². The number of nitrogens with zero attached hydrogens (tertiary/aromatic N) is 1. The van der Waals surface area contributed by atoms with Crippen molar-refractivity contribution in [1.82, 2.24) is 0 Å². The van der Waals surface area contributed by atoms with E-state index in [0.29, 0.717) is 34.4 Å². The SMILES string of the molecule is CCOc1cc(/C=C(\C#N)C(=O)Nc2cc(Cl)ccc2C)cc(I)c1OC(C)C. The van der Waals surface area contributed by atoms with Crippen molar-refractivity contribution in [1.29, 1.82) is 5.26 Å². The van der Waals surface area contributed by atoms with Gasteiger partial charge in [0.05, 0.1) is 16.3 Å². The standard InChI is InChI=1S/C22H22ClIN2O3/c1-5-28-20-10-15(9-18(24)21(20)29-13(2)3)8-16(12-25)22(27)26-19-11-17(23)7-6-14(19)4/h6-11,13H,5H2,1-4H3,(H,26,27)/b16-8+. The smallest absolute Gasteiger partial charge is 0.266 e. The molecule has 0 saturated heterocycles. The van der Waals surface area contributed by atoms with Gasteiger partial charge in [-0.1, -0.05) is 17.7 Å². The van der Waals surface area contributed by atoms with Crippen molar-refractivity contribution in [3.05, 3.63) is 55.6 Å². The summed E-state index contributed by atoms with van der Waals surface area (Å²) in [6.07, 6.45) is 1.52. The first kappa shape index (κ1) is 23.0. The normalized spacial score (nSPS) is 11.2. The van der Waals surface area contributed by atoms with E-state index in [2.05, 4.69) is 27.9 Å². The van der Waals surface area contributed by atoms with Gasteiger partial charge in [0.25, 0.3) is 5.91 Å². The van der Waals surface area contributed by atoms with Crippen LogP contribution in [0.2, 0.25) is 5.02 Å². The van der Waals surface area contributed by atoms with Crippen LogP contribution in [0.15, 0.2) is 35.9 Å². The van der Waals surface area contributed by atoms with Gasteiger partial charge < -0.3 is 14.8 Å². The van der Waals surface area contributed by atoms with Crippen molar-refractivity contribution < 1.29 is 14.3 Å². The molecule has 0 spiro atoms. The van der Waals surface area contributed by atoms with Gasteiger partial charge in [-0.3, -0.25) is 4.79 Å². The molecule has 2 rings (SSSR count). The van der Waals surface area contributed by atoms with Gasteiger partial charge >= 0.3 is 0 Å². The molecule has 5 nitrogen and oxygen atoms in total. The third kappa shape index (κ3) is 6.38. The van der Waals surface area contributed by atoms with Gasteiger partial charge in [-0.15, -0.1) is 0 Å². The number of benzene rings is 2. The van der Waals surface area contributed by atoms with E-state index in [9.17, 15) is 10.1 Å². The second kappa shape index (κ2) is 10.5. The van der Waals surface area contributed by atoms with Crippen LogP contribution in [-0.4, -0.2) is 18.6 Å². The monoisotopic (exact) mass is 524 g/mol. The lowest BCUT2D eigenvalue weighted by atomic mass is 10.1. The summed E-state index contributed by atoms with van der Waals surface area (Å²) < 4.78 is 12.4. The number of amides is 1. The molecule has 0 atom stereocenters. The predicted molar refractivity (Wildman–Crippen MR) is 125 cm³/mol. The van der Waals surface area contributed by atoms with Crippen LogP contribution >= 0.6 is 34.2 Å². The second-order valence-corrected chi connectivity index (χ2v) is 8.11. The molecular weight excluding hydrogens is 503 g/mol. The van der Waals surface area contributed by atoms with E-state index in [1.807, 2.05) is 39.8 Å². The molecule has 0 aliphatic rings. The third-order valence-corrected chi connectivity index (χ3v) is 4.85. The summed E-state index contributed by atoms with van der Waals surface area (Å²) >= 11 is 8.16. The largest absolute Gasteiger partial charge is 0.490 e. The number of carbonyl (C=O) groups excluding carboxylic acids is 1. The molecule has 0 aromatic heterocycles. The maximum atomic E-state index is 12.6. The Balaban J connectivity index is 2.37. The van der Waals surface area contributed by atoms with Crippen molar-refractivity contribution in [3.63, 3.8) is 0 Å². The van der Waals surface area contributed by atoms with Crippen LogP contribution in [-0.2, 0) is 4.79 Å². The fourth-order valence-electron chi connectivity index (χ4n) is 2.52. The van der Waals surface area contributed by atoms with E-state index in [1.165, 1.54) is 6.08 Å². The topological polar surface area (TPSA) is 71.3 Å². The summed E-state index contributed by atoms with van der Waals surface area (Å²) in [7, 11) is 0. The summed E-state index contributed by atoms with van der Waals surface area (Å²) in [4.78, 5) is 12.6. The summed E-state index contributed by atoms with van der Waals surface area (Å²) in [5, 5.41) is 12.8. The molecule has 0 unspecified atom stereocenters. The van der Waals surface area contributed by atoms with Gasteiger partial charge in [-0.05, 0) is 91.8 Å². The lowest BCUT2D eigenvalue weighted by molar-refractivity contribution is -0.112.